The molecule has 1 atom stereocenters. The number of nitrogens with one attached hydrogen (secondary N) is 1. The quantitative estimate of drug-likeness (QED) is 0.850. The van der Waals surface area contributed by atoms with Crippen LogP contribution in [0.2, 0.25) is 0 Å². The first-order chi connectivity index (χ1) is 7.83. The van der Waals surface area contributed by atoms with E-state index in [0.717, 1.165) is 11.1 Å². The van der Waals surface area contributed by atoms with Crippen LogP contribution >= 0.6 is 15.9 Å². The van der Waals surface area contributed by atoms with E-state index in [1.54, 1.807) is 0 Å². The summed E-state index contributed by atoms with van der Waals surface area (Å²) in [4.78, 5) is 12.2. The van der Waals surface area contributed by atoms with Crippen molar-refractivity contribution < 1.29 is 4.79 Å². The number of carbonyl (C=O) groups is 1. The minimum Gasteiger partial charge on any atom is -0.350 e. The number of aryl methyl sites for hydroxylation is 1. The maximum atomic E-state index is 12.0. The van der Waals surface area contributed by atoms with E-state index in [2.05, 4.69) is 21.2 Å². The van der Waals surface area contributed by atoms with Gasteiger partial charge in [0.25, 0.3) is 0 Å². The van der Waals surface area contributed by atoms with Crippen molar-refractivity contribution in [1.29, 1.82) is 0 Å². The van der Waals surface area contributed by atoms with Crippen molar-refractivity contribution in [2.75, 3.05) is 0 Å². The predicted molar refractivity (Wildman–Crippen MR) is 75.5 cm³/mol. The lowest BCUT2D eigenvalue weighted by Gasteiger charge is -2.29. The van der Waals surface area contributed by atoms with Gasteiger partial charge in [-0.2, -0.15) is 0 Å². The predicted octanol–water partition coefficient (Wildman–Crippen LogP) is 3.22. The molecular formula is C14H20BrNO. The normalized spacial score (nSPS) is 13.2. The molecule has 94 valence electrons. The summed E-state index contributed by atoms with van der Waals surface area (Å²) in [5.41, 5.74) is 2.01. The summed E-state index contributed by atoms with van der Waals surface area (Å²) in [7, 11) is 0. The molecule has 1 aromatic rings. The molecule has 1 amide bonds. The third-order valence-electron chi connectivity index (χ3n) is 3.07. The van der Waals surface area contributed by atoms with Crippen LogP contribution in [0.5, 0.6) is 0 Å². The first-order valence-corrected chi connectivity index (χ1v) is 6.74. The van der Waals surface area contributed by atoms with Crippen molar-refractivity contribution in [3.8, 4) is 0 Å². The fraction of sp³-hybridized carbons (Fsp3) is 0.500. The van der Waals surface area contributed by atoms with E-state index in [1.165, 1.54) is 0 Å². The smallest absolute Gasteiger partial charge is 0.224 e. The van der Waals surface area contributed by atoms with E-state index in [-0.39, 0.29) is 16.3 Å². The van der Waals surface area contributed by atoms with Gasteiger partial charge in [-0.05, 0) is 31.9 Å². The molecule has 2 nitrogen and oxygen atoms in total. The number of hydrogen-bond donors (Lipinski definition) is 1. The summed E-state index contributed by atoms with van der Waals surface area (Å²) in [6.45, 7) is 8.10. The van der Waals surface area contributed by atoms with Gasteiger partial charge in [0.2, 0.25) is 5.91 Å². The number of alkyl halides is 1. The van der Waals surface area contributed by atoms with Gasteiger partial charge in [0.05, 0.1) is 6.42 Å². The van der Waals surface area contributed by atoms with Crippen molar-refractivity contribution in [1.82, 2.24) is 5.32 Å². The molecule has 0 aliphatic carbocycles. The fourth-order valence-corrected chi connectivity index (χ4v) is 1.60. The third kappa shape index (κ3) is 4.15. The van der Waals surface area contributed by atoms with E-state index in [1.807, 2.05) is 52.0 Å². The molecular weight excluding hydrogens is 278 g/mol. The second kappa shape index (κ2) is 5.67. The Hall–Kier alpha value is -0.830. The van der Waals surface area contributed by atoms with Gasteiger partial charge in [0.15, 0.2) is 0 Å². The van der Waals surface area contributed by atoms with E-state index in [0.29, 0.717) is 6.42 Å². The van der Waals surface area contributed by atoms with Gasteiger partial charge < -0.3 is 5.32 Å². The Bertz CT molecular complexity index is 399. The molecule has 1 rings (SSSR count). The second-order valence-electron chi connectivity index (χ2n) is 4.99. The average Bonchev–Trinajstić information content (AvgIpc) is 2.20. The van der Waals surface area contributed by atoms with Gasteiger partial charge in [-0.15, -0.1) is 0 Å². The molecule has 0 bridgehead atoms. The number of rotatable bonds is 4. The van der Waals surface area contributed by atoms with Crippen LogP contribution in [0.1, 0.15) is 31.9 Å². The number of benzene rings is 1. The highest BCUT2D eigenvalue weighted by Crippen LogP contribution is 2.17. The van der Waals surface area contributed by atoms with Crippen molar-refractivity contribution in [2.24, 2.45) is 0 Å². The lowest BCUT2D eigenvalue weighted by Crippen LogP contribution is -2.49. The summed E-state index contributed by atoms with van der Waals surface area (Å²) in [6, 6.07) is 7.98. The molecule has 0 spiro atoms. The number of amides is 1. The maximum absolute atomic E-state index is 12.0. The van der Waals surface area contributed by atoms with Gasteiger partial charge in [-0.1, -0.05) is 47.1 Å². The average molecular weight is 298 g/mol. The second-order valence-corrected chi connectivity index (χ2v) is 6.36. The largest absolute Gasteiger partial charge is 0.350 e. The van der Waals surface area contributed by atoms with E-state index in [9.17, 15) is 4.79 Å². The van der Waals surface area contributed by atoms with E-state index >= 15 is 0 Å². The summed E-state index contributed by atoms with van der Waals surface area (Å²) in [5.74, 6) is 0.0654. The van der Waals surface area contributed by atoms with Crippen LogP contribution in [0, 0.1) is 6.92 Å². The molecule has 3 heteroatoms. The Balaban J connectivity index is 2.66. The standard InChI is InChI=1S/C14H20BrNO/c1-10-7-5-6-8-12(10)9-13(17)16-14(3,4)11(2)15/h5-8,11H,9H2,1-4H3,(H,16,17). The molecule has 0 aliphatic heterocycles. The van der Waals surface area contributed by atoms with Crippen LogP contribution < -0.4 is 5.32 Å². The topological polar surface area (TPSA) is 29.1 Å². The molecule has 0 heterocycles. The summed E-state index contributed by atoms with van der Waals surface area (Å²) < 4.78 is 0. The molecule has 1 aromatic carbocycles. The van der Waals surface area contributed by atoms with E-state index < -0.39 is 0 Å². The van der Waals surface area contributed by atoms with Crippen LogP contribution in [-0.2, 0) is 11.2 Å². The molecule has 0 fully saturated rings. The SMILES string of the molecule is Cc1ccccc1CC(=O)NC(C)(C)C(C)Br. The summed E-state index contributed by atoms with van der Waals surface area (Å²) >= 11 is 3.51. The van der Waals surface area contributed by atoms with Gasteiger partial charge >= 0.3 is 0 Å². The molecule has 0 saturated carbocycles. The molecule has 0 aliphatic rings. The van der Waals surface area contributed by atoms with Crippen LogP contribution in [0.15, 0.2) is 24.3 Å². The maximum Gasteiger partial charge on any atom is 0.224 e. The lowest BCUT2D eigenvalue weighted by atomic mass is 10.00. The molecule has 0 radical (unpaired) electrons. The Kier molecular flexibility index (Phi) is 4.75. The first kappa shape index (κ1) is 14.2. The molecule has 0 saturated heterocycles. The van der Waals surface area contributed by atoms with Gasteiger partial charge in [-0.3, -0.25) is 4.79 Å². The van der Waals surface area contributed by atoms with Crippen molar-refractivity contribution in [2.45, 2.75) is 44.5 Å². The van der Waals surface area contributed by atoms with Crippen molar-refractivity contribution in [3.05, 3.63) is 35.4 Å². The van der Waals surface area contributed by atoms with Gasteiger partial charge in [-0.25, -0.2) is 0 Å². The van der Waals surface area contributed by atoms with E-state index in [4.69, 9.17) is 0 Å². The van der Waals surface area contributed by atoms with Crippen LogP contribution in [0.25, 0.3) is 0 Å². The zero-order valence-electron chi connectivity index (χ0n) is 10.9. The van der Waals surface area contributed by atoms with Crippen LogP contribution in [-0.4, -0.2) is 16.3 Å². The lowest BCUT2D eigenvalue weighted by molar-refractivity contribution is -0.122. The van der Waals surface area contributed by atoms with Gasteiger partial charge in [0, 0.05) is 10.4 Å². The molecule has 1 unspecified atom stereocenters. The van der Waals surface area contributed by atoms with Crippen LogP contribution in [0.4, 0.5) is 0 Å². The zero-order valence-corrected chi connectivity index (χ0v) is 12.5. The molecule has 0 aromatic heterocycles. The fourth-order valence-electron chi connectivity index (χ4n) is 1.48. The Labute approximate surface area is 112 Å². The van der Waals surface area contributed by atoms with Crippen LogP contribution in [0.3, 0.4) is 0 Å². The Morgan fingerprint density at radius 3 is 2.53 bits per heavy atom. The Morgan fingerprint density at radius 1 is 1.41 bits per heavy atom. The minimum atomic E-state index is -0.236. The summed E-state index contributed by atoms with van der Waals surface area (Å²) in [5, 5.41) is 3.05. The first-order valence-electron chi connectivity index (χ1n) is 5.82. The molecule has 1 N–H and O–H groups in total. The van der Waals surface area contributed by atoms with Gasteiger partial charge in [0.1, 0.15) is 0 Å². The highest BCUT2D eigenvalue weighted by molar-refractivity contribution is 9.09. The van der Waals surface area contributed by atoms with Crippen molar-refractivity contribution >= 4 is 21.8 Å². The monoisotopic (exact) mass is 297 g/mol. The summed E-state index contributed by atoms with van der Waals surface area (Å²) in [6.07, 6.45) is 0.440. The minimum absolute atomic E-state index is 0.0654. The van der Waals surface area contributed by atoms with Crippen molar-refractivity contribution in [3.63, 3.8) is 0 Å². The highest BCUT2D eigenvalue weighted by atomic mass is 79.9. The molecule has 17 heavy (non-hydrogen) atoms. The number of halogens is 1. The zero-order chi connectivity index (χ0) is 13.1. The number of carbonyl (C=O) groups excluding carboxylic acids is 1. The highest BCUT2D eigenvalue weighted by Gasteiger charge is 2.25. The third-order valence-corrected chi connectivity index (χ3v) is 4.21. The Morgan fingerprint density at radius 2 is 2.00 bits per heavy atom. The number of hydrogen-bond acceptors (Lipinski definition) is 1.